The molecule has 0 saturated carbocycles. The van der Waals surface area contributed by atoms with E-state index in [-0.39, 0.29) is 17.5 Å². The van der Waals surface area contributed by atoms with Crippen molar-refractivity contribution in [3.8, 4) is 0 Å². The molecule has 20 heavy (non-hydrogen) atoms. The normalized spacial score (nSPS) is 20.6. The number of anilines is 1. The number of likely N-dealkylation sites (N-methyl/N-ethyl adjacent to an activating group) is 1. The average Bonchev–Trinajstić information content (AvgIpc) is 2.45. The molecule has 0 radical (unpaired) electrons. The fourth-order valence-corrected chi connectivity index (χ4v) is 2.85. The summed E-state index contributed by atoms with van der Waals surface area (Å²) in [5.41, 5.74) is 0.886. The minimum Gasteiger partial charge on any atom is -0.389 e. The number of aliphatic hydroxyl groups excluding tert-OH is 1. The van der Waals surface area contributed by atoms with Crippen LogP contribution in [0, 0.1) is 5.82 Å². The maximum atomic E-state index is 14.0. The number of halogens is 1. The lowest BCUT2D eigenvalue weighted by Gasteiger charge is -2.37. The van der Waals surface area contributed by atoms with Crippen LogP contribution in [0.4, 0.5) is 10.1 Å². The molecule has 2 atom stereocenters. The fraction of sp³-hybridized carbons (Fsp3) is 0.533. The molecule has 5 heteroatoms. The van der Waals surface area contributed by atoms with E-state index < -0.39 is 11.9 Å². The van der Waals surface area contributed by atoms with Gasteiger partial charge in [-0.3, -0.25) is 4.79 Å². The van der Waals surface area contributed by atoms with Gasteiger partial charge in [0, 0.05) is 24.8 Å². The summed E-state index contributed by atoms with van der Waals surface area (Å²) < 4.78 is 14.0. The number of aliphatic hydroxyl groups is 1. The first-order chi connectivity index (χ1) is 9.56. The fourth-order valence-electron chi connectivity index (χ4n) is 2.85. The summed E-state index contributed by atoms with van der Waals surface area (Å²) in [5, 5.41) is 12.5. The standard InChI is InChI=1S/C15H21FN2O2/c1-10(19)14-11(16)6-5-8-12(14)18-9-4-3-7-13(18)15(20)17-2/h5-6,8,10,13,19H,3-4,7,9H2,1-2H3,(H,17,20)/t10-,13?/m1/s1. The van der Waals surface area contributed by atoms with Gasteiger partial charge in [0.25, 0.3) is 0 Å². The van der Waals surface area contributed by atoms with Crippen molar-refractivity contribution in [2.45, 2.75) is 38.3 Å². The summed E-state index contributed by atoms with van der Waals surface area (Å²) in [6.45, 7) is 2.24. The van der Waals surface area contributed by atoms with Crippen molar-refractivity contribution in [1.29, 1.82) is 0 Å². The number of amides is 1. The molecule has 1 aliphatic rings. The quantitative estimate of drug-likeness (QED) is 0.890. The van der Waals surface area contributed by atoms with Crippen molar-refractivity contribution < 1.29 is 14.3 Å². The van der Waals surface area contributed by atoms with Crippen LogP contribution in [0.5, 0.6) is 0 Å². The van der Waals surface area contributed by atoms with Crippen LogP contribution >= 0.6 is 0 Å². The van der Waals surface area contributed by atoms with E-state index in [0.29, 0.717) is 12.2 Å². The highest BCUT2D eigenvalue weighted by Crippen LogP contribution is 2.33. The third-order valence-electron chi connectivity index (χ3n) is 3.81. The van der Waals surface area contributed by atoms with Gasteiger partial charge in [0.2, 0.25) is 5.91 Å². The zero-order valence-electron chi connectivity index (χ0n) is 11.9. The van der Waals surface area contributed by atoms with Gasteiger partial charge in [0.1, 0.15) is 11.9 Å². The molecule has 1 fully saturated rings. The summed E-state index contributed by atoms with van der Waals surface area (Å²) >= 11 is 0. The Bertz CT molecular complexity index is 491. The summed E-state index contributed by atoms with van der Waals surface area (Å²) in [6.07, 6.45) is 1.78. The van der Waals surface area contributed by atoms with Gasteiger partial charge < -0.3 is 15.3 Å². The van der Waals surface area contributed by atoms with E-state index in [1.165, 1.54) is 6.07 Å². The minimum atomic E-state index is -0.904. The molecule has 1 heterocycles. The Hall–Kier alpha value is -1.62. The first-order valence-electron chi connectivity index (χ1n) is 7.01. The summed E-state index contributed by atoms with van der Waals surface area (Å²) in [7, 11) is 1.61. The van der Waals surface area contributed by atoms with Crippen LogP contribution in [0.25, 0.3) is 0 Å². The SMILES string of the molecule is CNC(=O)C1CCCCN1c1cccc(F)c1[C@@H](C)O. The number of nitrogens with zero attached hydrogens (tertiary/aromatic N) is 1. The van der Waals surface area contributed by atoms with Gasteiger partial charge in [-0.1, -0.05) is 6.07 Å². The predicted octanol–water partition coefficient (Wildman–Crippen LogP) is 1.98. The second kappa shape index (κ2) is 6.22. The monoisotopic (exact) mass is 280 g/mol. The van der Waals surface area contributed by atoms with Crippen LogP contribution in [0.15, 0.2) is 18.2 Å². The molecular formula is C15H21FN2O2. The molecule has 0 aliphatic carbocycles. The van der Waals surface area contributed by atoms with Crippen LogP contribution in [-0.4, -0.2) is 30.6 Å². The number of hydrogen-bond donors (Lipinski definition) is 2. The van der Waals surface area contributed by atoms with E-state index in [4.69, 9.17) is 0 Å². The summed E-state index contributed by atoms with van der Waals surface area (Å²) in [5.74, 6) is -0.496. The molecule has 0 aromatic heterocycles. The van der Waals surface area contributed by atoms with Crippen molar-refractivity contribution in [3.63, 3.8) is 0 Å². The van der Waals surface area contributed by atoms with Crippen molar-refractivity contribution in [3.05, 3.63) is 29.6 Å². The zero-order chi connectivity index (χ0) is 14.7. The lowest BCUT2D eigenvalue weighted by atomic mass is 9.97. The molecule has 1 saturated heterocycles. The first kappa shape index (κ1) is 14.8. The van der Waals surface area contributed by atoms with E-state index in [2.05, 4.69) is 5.32 Å². The Morgan fingerprint density at radius 3 is 2.90 bits per heavy atom. The molecule has 2 N–H and O–H groups in total. The van der Waals surface area contributed by atoms with Gasteiger partial charge in [0.05, 0.1) is 6.10 Å². The van der Waals surface area contributed by atoms with Crippen LogP contribution in [0.2, 0.25) is 0 Å². The Balaban J connectivity index is 2.42. The second-order valence-corrected chi connectivity index (χ2v) is 5.17. The highest BCUT2D eigenvalue weighted by molar-refractivity contribution is 5.85. The van der Waals surface area contributed by atoms with Crippen LogP contribution in [0.1, 0.15) is 37.9 Å². The number of piperidine rings is 1. The smallest absolute Gasteiger partial charge is 0.242 e. The summed E-state index contributed by atoms with van der Waals surface area (Å²) in [6, 6.07) is 4.43. The largest absolute Gasteiger partial charge is 0.389 e. The Morgan fingerprint density at radius 2 is 2.25 bits per heavy atom. The third kappa shape index (κ3) is 2.77. The Morgan fingerprint density at radius 1 is 1.50 bits per heavy atom. The van der Waals surface area contributed by atoms with Gasteiger partial charge in [-0.15, -0.1) is 0 Å². The van der Waals surface area contributed by atoms with Crippen LogP contribution in [0.3, 0.4) is 0 Å². The first-order valence-corrected chi connectivity index (χ1v) is 7.01. The lowest BCUT2D eigenvalue weighted by molar-refractivity contribution is -0.122. The molecule has 2 rings (SSSR count). The molecule has 110 valence electrons. The number of nitrogens with one attached hydrogen (secondary N) is 1. The highest BCUT2D eigenvalue weighted by Gasteiger charge is 2.30. The molecule has 0 spiro atoms. The zero-order valence-corrected chi connectivity index (χ0v) is 11.9. The van der Waals surface area contributed by atoms with Crippen molar-refractivity contribution in [2.75, 3.05) is 18.5 Å². The second-order valence-electron chi connectivity index (χ2n) is 5.17. The van der Waals surface area contributed by atoms with Gasteiger partial charge in [-0.2, -0.15) is 0 Å². The molecule has 4 nitrogen and oxygen atoms in total. The van der Waals surface area contributed by atoms with Gasteiger partial charge in [-0.25, -0.2) is 4.39 Å². The van der Waals surface area contributed by atoms with E-state index in [1.54, 1.807) is 26.1 Å². The number of carbonyl (C=O) groups is 1. The van der Waals surface area contributed by atoms with Crippen LogP contribution in [-0.2, 0) is 4.79 Å². The Labute approximate surface area is 118 Å². The van der Waals surface area contributed by atoms with Crippen molar-refractivity contribution >= 4 is 11.6 Å². The Kier molecular flexibility index (Phi) is 4.60. The number of benzene rings is 1. The maximum Gasteiger partial charge on any atom is 0.242 e. The number of hydrogen-bond acceptors (Lipinski definition) is 3. The van der Waals surface area contributed by atoms with Crippen molar-refractivity contribution in [1.82, 2.24) is 5.32 Å². The van der Waals surface area contributed by atoms with E-state index in [0.717, 1.165) is 19.3 Å². The topological polar surface area (TPSA) is 52.6 Å². The molecule has 1 unspecified atom stereocenters. The highest BCUT2D eigenvalue weighted by atomic mass is 19.1. The van der Waals surface area contributed by atoms with E-state index >= 15 is 0 Å². The van der Waals surface area contributed by atoms with Gasteiger partial charge in [0.15, 0.2) is 0 Å². The van der Waals surface area contributed by atoms with E-state index in [1.807, 2.05) is 4.90 Å². The summed E-state index contributed by atoms with van der Waals surface area (Å²) in [4.78, 5) is 13.9. The number of rotatable bonds is 3. The lowest BCUT2D eigenvalue weighted by Crippen LogP contribution is -2.49. The van der Waals surface area contributed by atoms with Gasteiger partial charge >= 0.3 is 0 Å². The van der Waals surface area contributed by atoms with Gasteiger partial charge in [-0.05, 0) is 38.3 Å². The van der Waals surface area contributed by atoms with Crippen LogP contribution < -0.4 is 10.2 Å². The molecule has 1 aliphatic heterocycles. The maximum absolute atomic E-state index is 14.0. The van der Waals surface area contributed by atoms with Crippen molar-refractivity contribution in [2.24, 2.45) is 0 Å². The molecular weight excluding hydrogens is 259 g/mol. The molecule has 1 aromatic rings. The molecule has 1 amide bonds. The third-order valence-corrected chi connectivity index (χ3v) is 3.81. The number of carbonyl (C=O) groups excluding carboxylic acids is 1. The molecule has 1 aromatic carbocycles. The minimum absolute atomic E-state index is 0.0643. The molecule has 0 bridgehead atoms. The predicted molar refractivity (Wildman–Crippen MR) is 76.1 cm³/mol. The average molecular weight is 280 g/mol. The van der Waals surface area contributed by atoms with E-state index in [9.17, 15) is 14.3 Å².